The summed E-state index contributed by atoms with van der Waals surface area (Å²) in [4.78, 5) is 37.3. The standard InChI is InChI=1S/C18H23N3O6S/c1-2-14-18(24)19-13-10-12(7-8-15(13)27-14)28(25,26)20-16(22)11-21-9-5-3-4-6-17(21)23/h7-8,10,14H,2-6,9,11H2,1H3,(H,19,24)(H,20,22). The van der Waals surface area contributed by atoms with Crippen molar-refractivity contribution in [3.8, 4) is 5.75 Å². The van der Waals surface area contributed by atoms with Crippen molar-refractivity contribution in [1.82, 2.24) is 9.62 Å². The fourth-order valence-corrected chi connectivity index (χ4v) is 4.19. The molecule has 0 spiro atoms. The highest BCUT2D eigenvalue weighted by atomic mass is 32.2. The van der Waals surface area contributed by atoms with Crippen molar-refractivity contribution in [3.63, 3.8) is 0 Å². The number of rotatable bonds is 5. The molecule has 0 bridgehead atoms. The van der Waals surface area contributed by atoms with E-state index in [-0.39, 0.29) is 28.9 Å². The molecule has 3 rings (SSSR count). The molecule has 1 unspecified atom stereocenters. The van der Waals surface area contributed by atoms with Crippen LogP contribution in [0, 0.1) is 0 Å². The number of fused-ring (bicyclic) bond motifs is 1. The lowest BCUT2D eigenvalue weighted by Crippen LogP contribution is -2.42. The monoisotopic (exact) mass is 409 g/mol. The zero-order valence-corrected chi connectivity index (χ0v) is 16.4. The predicted octanol–water partition coefficient (Wildman–Crippen LogP) is 1.00. The van der Waals surface area contributed by atoms with Gasteiger partial charge in [-0.05, 0) is 37.5 Å². The van der Waals surface area contributed by atoms with Crippen LogP contribution < -0.4 is 14.8 Å². The molecule has 0 aromatic heterocycles. The number of carbonyl (C=O) groups is 3. The lowest BCUT2D eigenvalue weighted by atomic mass is 10.2. The molecule has 0 saturated carbocycles. The second kappa shape index (κ2) is 8.17. The van der Waals surface area contributed by atoms with Gasteiger partial charge in [-0.15, -0.1) is 0 Å². The summed E-state index contributed by atoms with van der Waals surface area (Å²) in [6.45, 7) is 1.94. The lowest BCUT2D eigenvalue weighted by Gasteiger charge is -2.25. The maximum Gasteiger partial charge on any atom is 0.265 e. The van der Waals surface area contributed by atoms with Crippen LogP contribution in [-0.2, 0) is 24.4 Å². The zero-order valence-electron chi connectivity index (χ0n) is 15.6. The van der Waals surface area contributed by atoms with E-state index in [9.17, 15) is 22.8 Å². The van der Waals surface area contributed by atoms with Gasteiger partial charge in [-0.25, -0.2) is 13.1 Å². The Kier molecular flexibility index (Phi) is 5.87. The molecule has 0 radical (unpaired) electrons. The summed E-state index contributed by atoms with van der Waals surface area (Å²) in [6.07, 6.45) is 2.69. The van der Waals surface area contributed by atoms with Crippen LogP contribution in [0.5, 0.6) is 5.75 Å². The number of hydrogen-bond donors (Lipinski definition) is 2. The predicted molar refractivity (Wildman–Crippen MR) is 100 cm³/mol. The minimum Gasteiger partial charge on any atom is -0.478 e. The molecule has 2 aliphatic heterocycles. The summed E-state index contributed by atoms with van der Waals surface area (Å²) in [6, 6.07) is 3.98. The fraction of sp³-hybridized carbons (Fsp3) is 0.500. The Balaban J connectivity index is 1.71. The number of anilines is 1. The quantitative estimate of drug-likeness (QED) is 0.748. The van der Waals surface area contributed by atoms with Crippen LogP contribution in [0.2, 0.25) is 0 Å². The van der Waals surface area contributed by atoms with Crippen LogP contribution in [0.3, 0.4) is 0 Å². The molecule has 2 heterocycles. The van der Waals surface area contributed by atoms with Gasteiger partial charge in [0.15, 0.2) is 6.10 Å². The van der Waals surface area contributed by atoms with Crippen LogP contribution in [-0.4, -0.2) is 50.2 Å². The van der Waals surface area contributed by atoms with E-state index < -0.39 is 22.0 Å². The van der Waals surface area contributed by atoms with E-state index in [0.717, 1.165) is 19.3 Å². The average molecular weight is 409 g/mol. The van der Waals surface area contributed by atoms with Gasteiger partial charge in [0.25, 0.3) is 21.8 Å². The first-order valence-corrected chi connectivity index (χ1v) is 10.7. The molecule has 2 N–H and O–H groups in total. The smallest absolute Gasteiger partial charge is 0.265 e. The number of hydrogen-bond acceptors (Lipinski definition) is 6. The number of nitrogens with one attached hydrogen (secondary N) is 2. The number of benzene rings is 1. The molecule has 152 valence electrons. The van der Waals surface area contributed by atoms with E-state index in [1.807, 2.05) is 4.72 Å². The SMILES string of the molecule is CCC1Oc2ccc(S(=O)(=O)NC(=O)CN3CCCCCC3=O)cc2NC1=O. The van der Waals surface area contributed by atoms with Crippen LogP contribution in [0.1, 0.15) is 39.0 Å². The maximum absolute atomic E-state index is 12.5. The third kappa shape index (κ3) is 4.44. The second-order valence-corrected chi connectivity index (χ2v) is 8.50. The molecule has 28 heavy (non-hydrogen) atoms. The normalized spacial score (nSPS) is 19.9. The molecule has 1 saturated heterocycles. The highest BCUT2D eigenvalue weighted by Crippen LogP contribution is 2.32. The van der Waals surface area contributed by atoms with E-state index in [1.165, 1.54) is 23.1 Å². The summed E-state index contributed by atoms with van der Waals surface area (Å²) in [5, 5.41) is 2.61. The Hall–Kier alpha value is -2.62. The van der Waals surface area contributed by atoms with Gasteiger partial charge in [-0.1, -0.05) is 13.3 Å². The Morgan fingerprint density at radius 2 is 2.07 bits per heavy atom. The maximum atomic E-state index is 12.5. The minimum atomic E-state index is -4.15. The van der Waals surface area contributed by atoms with Crippen LogP contribution in [0.25, 0.3) is 0 Å². The van der Waals surface area contributed by atoms with Crippen molar-refractivity contribution >= 4 is 33.4 Å². The van der Waals surface area contributed by atoms with Crippen LogP contribution >= 0.6 is 0 Å². The van der Waals surface area contributed by atoms with Crippen molar-refractivity contribution in [1.29, 1.82) is 0 Å². The number of sulfonamides is 1. The molecule has 9 nitrogen and oxygen atoms in total. The molecule has 2 aliphatic rings. The molecule has 1 aromatic rings. The second-order valence-electron chi connectivity index (χ2n) is 6.82. The summed E-state index contributed by atoms with van der Waals surface area (Å²) in [5.74, 6) is -0.913. The van der Waals surface area contributed by atoms with Gasteiger partial charge in [0.05, 0.1) is 10.6 Å². The number of carbonyl (C=O) groups excluding carboxylic acids is 3. The number of ether oxygens (including phenoxy) is 1. The number of nitrogens with zero attached hydrogens (tertiary/aromatic N) is 1. The molecule has 1 aromatic carbocycles. The molecule has 1 fully saturated rings. The van der Waals surface area contributed by atoms with Gasteiger partial charge in [0, 0.05) is 13.0 Å². The topological polar surface area (TPSA) is 122 Å². The zero-order chi connectivity index (χ0) is 20.3. The van der Waals surface area contributed by atoms with Gasteiger partial charge in [0.1, 0.15) is 12.3 Å². The van der Waals surface area contributed by atoms with Crippen molar-refractivity contribution in [2.45, 2.75) is 50.0 Å². The Labute approximate surface area is 163 Å². The Morgan fingerprint density at radius 3 is 2.82 bits per heavy atom. The van der Waals surface area contributed by atoms with E-state index in [0.29, 0.717) is 25.1 Å². The van der Waals surface area contributed by atoms with Gasteiger partial charge >= 0.3 is 0 Å². The van der Waals surface area contributed by atoms with E-state index in [1.54, 1.807) is 6.92 Å². The molecule has 3 amide bonds. The third-order valence-corrected chi connectivity index (χ3v) is 6.08. The fourth-order valence-electron chi connectivity index (χ4n) is 3.19. The largest absolute Gasteiger partial charge is 0.478 e. The van der Waals surface area contributed by atoms with Crippen LogP contribution in [0.4, 0.5) is 5.69 Å². The number of likely N-dealkylation sites (tertiary alicyclic amines) is 1. The molecular weight excluding hydrogens is 386 g/mol. The Morgan fingerprint density at radius 1 is 1.29 bits per heavy atom. The van der Waals surface area contributed by atoms with E-state index >= 15 is 0 Å². The highest BCUT2D eigenvalue weighted by molar-refractivity contribution is 7.90. The van der Waals surface area contributed by atoms with Crippen molar-refractivity contribution in [2.24, 2.45) is 0 Å². The van der Waals surface area contributed by atoms with E-state index in [2.05, 4.69) is 5.32 Å². The van der Waals surface area contributed by atoms with Crippen LogP contribution in [0.15, 0.2) is 23.1 Å². The van der Waals surface area contributed by atoms with Gasteiger partial charge < -0.3 is 15.0 Å². The summed E-state index contributed by atoms with van der Waals surface area (Å²) in [7, 11) is -4.15. The number of amides is 3. The van der Waals surface area contributed by atoms with Crippen molar-refractivity contribution in [3.05, 3.63) is 18.2 Å². The van der Waals surface area contributed by atoms with E-state index in [4.69, 9.17) is 4.74 Å². The minimum absolute atomic E-state index is 0.149. The summed E-state index contributed by atoms with van der Waals surface area (Å²) in [5.41, 5.74) is 0.229. The van der Waals surface area contributed by atoms with Gasteiger partial charge in [-0.3, -0.25) is 14.4 Å². The van der Waals surface area contributed by atoms with Gasteiger partial charge in [-0.2, -0.15) is 0 Å². The van der Waals surface area contributed by atoms with Crippen molar-refractivity contribution < 1.29 is 27.5 Å². The van der Waals surface area contributed by atoms with Crippen molar-refractivity contribution in [2.75, 3.05) is 18.4 Å². The Bertz CT molecular complexity index is 899. The summed E-state index contributed by atoms with van der Waals surface area (Å²) >= 11 is 0. The first-order chi connectivity index (χ1) is 13.3. The first-order valence-electron chi connectivity index (χ1n) is 9.25. The highest BCUT2D eigenvalue weighted by Gasteiger charge is 2.28. The third-order valence-electron chi connectivity index (χ3n) is 4.71. The average Bonchev–Trinajstić information content (AvgIpc) is 2.84. The molecule has 1 atom stereocenters. The molecular formula is C18H23N3O6S. The first kappa shape index (κ1) is 20.1. The summed E-state index contributed by atoms with van der Waals surface area (Å²) < 4.78 is 32.6. The van der Waals surface area contributed by atoms with Gasteiger partial charge in [0.2, 0.25) is 5.91 Å². The molecule has 10 heteroatoms. The lowest BCUT2D eigenvalue weighted by molar-refractivity contribution is -0.135. The molecule has 0 aliphatic carbocycles.